The number of halogens is 1. The Balaban J connectivity index is 1.40. The van der Waals surface area contributed by atoms with Gasteiger partial charge in [-0.1, -0.05) is 30.7 Å². The third-order valence-electron chi connectivity index (χ3n) is 7.57. The van der Waals surface area contributed by atoms with Crippen molar-refractivity contribution in [3.05, 3.63) is 53.7 Å². The predicted molar refractivity (Wildman–Crippen MR) is 141 cm³/mol. The molecule has 36 heavy (non-hydrogen) atoms. The molecular weight excluding hydrogens is 478 g/mol. The van der Waals surface area contributed by atoms with Gasteiger partial charge in [0.25, 0.3) is 0 Å². The largest absolute Gasteiger partial charge is 0.456 e. The molecule has 8 nitrogen and oxygen atoms in total. The van der Waals surface area contributed by atoms with E-state index in [0.717, 1.165) is 34.9 Å². The molecule has 0 spiro atoms. The maximum Gasteiger partial charge on any atom is 0.227 e. The number of rotatable bonds is 5. The fourth-order valence-corrected chi connectivity index (χ4v) is 5.50. The lowest BCUT2D eigenvalue weighted by atomic mass is 9.86. The summed E-state index contributed by atoms with van der Waals surface area (Å²) in [5.41, 5.74) is 9.29. The summed E-state index contributed by atoms with van der Waals surface area (Å²) in [6.45, 7) is 4.43. The number of anilines is 2. The molecule has 0 radical (unpaired) electrons. The number of nitrogens with zero attached hydrogens (tertiary/aromatic N) is 3. The Hall–Kier alpha value is -3.62. The average Bonchev–Trinajstić information content (AvgIpc) is 3.54. The number of aliphatic hydroxyl groups is 1. The second-order valence-corrected chi connectivity index (χ2v) is 10.1. The van der Waals surface area contributed by atoms with Gasteiger partial charge in [0.1, 0.15) is 27.8 Å². The summed E-state index contributed by atoms with van der Waals surface area (Å²) in [7, 11) is 0. The molecule has 3 atom stereocenters. The van der Waals surface area contributed by atoms with Gasteiger partial charge in [-0.05, 0) is 68.0 Å². The van der Waals surface area contributed by atoms with E-state index in [4.69, 9.17) is 26.2 Å². The van der Waals surface area contributed by atoms with Gasteiger partial charge in [0.05, 0.1) is 5.56 Å². The number of para-hydroxylation sites is 2. The van der Waals surface area contributed by atoms with Gasteiger partial charge in [-0.15, -0.1) is 0 Å². The SMILES string of the molecule is C[C@@H]1[C@@H](CO)CC[C@]1(C)Nc1nc(N)nc(Cl)c1-c1cc2cc(-c3nc4ccccc4o3)ccc2o1. The number of nitrogens with one attached hydrogen (secondary N) is 1. The summed E-state index contributed by atoms with van der Waals surface area (Å²) < 4.78 is 12.1. The summed E-state index contributed by atoms with van der Waals surface area (Å²) >= 11 is 6.60. The van der Waals surface area contributed by atoms with Crippen LogP contribution in [0.3, 0.4) is 0 Å². The van der Waals surface area contributed by atoms with Crippen molar-refractivity contribution in [3.63, 3.8) is 0 Å². The second kappa shape index (κ2) is 8.50. The number of oxazole rings is 1. The van der Waals surface area contributed by atoms with Gasteiger partial charge in [-0.2, -0.15) is 4.98 Å². The molecule has 0 unspecified atom stereocenters. The summed E-state index contributed by atoms with van der Waals surface area (Å²) in [4.78, 5) is 13.3. The molecule has 9 heteroatoms. The number of furan rings is 1. The zero-order valence-corrected chi connectivity index (χ0v) is 20.7. The maximum atomic E-state index is 9.76. The Morgan fingerprint density at radius 2 is 1.94 bits per heavy atom. The molecule has 3 aromatic heterocycles. The first-order valence-electron chi connectivity index (χ1n) is 12.0. The highest BCUT2D eigenvalue weighted by atomic mass is 35.5. The number of nitrogens with two attached hydrogens (primary N) is 1. The first-order chi connectivity index (χ1) is 17.3. The van der Waals surface area contributed by atoms with Crippen LogP contribution in [0.25, 0.3) is 44.8 Å². The maximum absolute atomic E-state index is 9.76. The highest BCUT2D eigenvalue weighted by Crippen LogP contribution is 2.45. The van der Waals surface area contributed by atoms with E-state index in [-0.39, 0.29) is 35.1 Å². The van der Waals surface area contributed by atoms with Gasteiger partial charge in [-0.3, -0.25) is 0 Å². The first kappa shape index (κ1) is 22.8. The zero-order valence-electron chi connectivity index (χ0n) is 20.0. The third-order valence-corrected chi connectivity index (χ3v) is 7.84. The van der Waals surface area contributed by atoms with Gasteiger partial charge in [-0.25, -0.2) is 9.97 Å². The van der Waals surface area contributed by atoms with E-state index in [0.29, 0.717) is 28.6 Å². The lowest BCUT2D eigenvalue weighted by molar-refractivity contribution is 0.187. The molecule has 1 aliphatic rings. The molecule has 1 fully saturated rings. The Bertz CT molecular complexity index is 1560. The van der Waals surface area contributed by atoms with Crippen LogP contribution in [-0.2, 0) is 0 Å². The van der Waals surface area contributed by atoms with Crippen molar-refractivity contribution in [2.45, 2.75) is 32.2 Å². The molecule has 184 valence electrons. The van der Waals surface area contributed by atoms with E-state index in [1.165, 1.54) is 0 Å². The van der Waals surface area contributed by atoms with Crippen LogP contribution < -0.4 is 11.1 Å². The van der Waals surface area contributed by atoms with Crippen LogP contribution in [0.15, 0.2) is 57.4 Å². The smallest absolute Gasteiger partial charge is 0.227 e. The van der Waals surface area contributed by atoms with Crippen LogP contribution in [0.1, 0.15) is 26.7 Å². The first-order valence-corrected chi connectivity index (χ1v) is 12.3. The monoisotopic (exact) mass is 503 g/mol. The standard InChI is InChI=1S/C27H26ClN5O3/c1-14-16(13-34)9-10-27(14,2)33-24-22(23(28)31-26(29)32-24)21-12-17-11-15(7-8-19(17)35-21)25-30-18-5-3-4-6-20(18)36-25/h3-8,11-12,14,16,34H,9-10,13H2,1-2H3,(H3,29,31,32,33)/t14-,16-,27+/m1/s1. The molecule has 5 aromatic rings. The number of hydrogen-bond acceptors (Lipinski definition) is 8. The third kappa shape index (κ3) is 3.77. The summed E-state index contributed by atoms with van der Waals surface area (Å²) in [5.74, 6) is 2.10. The highest BCUT2D eigenvalue weighted by Gasteiger charge is 2.43. The fourth-order valence-electron chi connectivity index (χ4n) is 5.23. The zero-order chi connectivity index (χ0) is 25.0. The van der Waals surface area contributed by atoms with Crippen molar-refractivity contribution in [2.24, 2.45) is 11.8 Å². The van der Waals surface area contributed by atoms with Crippen molar-refractivity contribution in [3.8, 4) is 22.8 Å². The topological polar surface area (TPSA) is 123 Å². The Kier molecular flexibility index (Phi) is 5.39. The molecule has 0 amide bonds. The fraction of sp³-hybridized carbons (Fsp3) is 0.296. The van der Waals surface area contributed by atoms with E-state index >= 15 is 0 Å². The molecule has 0 aliphatic heterocycles. The summed E-state index contributed by atoms with van der Waals surface area (Å²) in [5, 5.41) is 14.4. The van der Waals surface area contributed by atoms with Crippen LogP contribution >= 0.6 is 11.6 Å². The van der Waals surface area contributed by atoms with Crippen molar-refractivity contribution in [1.29, 1.82) is 0 Å². The van der Waals surface area contributed by atoms with Crippen LogP contribution in [0.2, 0.25) is 5.15 Å². The van der Waals surface area contributed by atoms with Crippen LogP contribution in [-0.4, -0.2) is 32.2 Å². The number of aliphatic hydroxyl groups excluding tert-OH is 1. The molecule has 0 bridgehead atoms. The van der Waals surface area contributed by atoms with Crippen LogP contribution in [0.5, 0.6) is 0 Å². The molecule has 1 aliphatic carbocycles. The molecule has 6 rings (SSSR count). The van der Waals surface area contributed by atoms with Crippen molar-refractivity contribution >= 4 is 45.4 Å². The lowest BCUT2D eigenvalue weighted by Gasteiger charge is -2.33. The minimum Gasteiger partial charge on any atom is -0.456 e. The molecule has 1 saturated carbocycles. The Morgan fingerprint density at radius 3 is 2.72 bits per heavy atom. The number of aromatic nitrogens is 3. The van der Waals surface area contributed by atoms with Gasteiger partial charge in [0.15, 0.2) is 5.58 Å². The van der Waals surface area contributed by atoms with Gasteiger partial charge in [0, 0.05) is 23.1 Å². The number of hydrogen-bond donors (Lipinski definition) is 3. The van der Waals surface area contributed by atoms with E-state index < -0.39 is 0 Å². The minimum atomic E-state index is -0.293. The molecular formula is C27H26ClN5O3. The number of nitrogen functional groups attached to an aromatic ring is 1. The van der Waals surface area contributed by atoms with Gasteiger partial charge < -0.3 is 25.0 Å². The Morgan fingerprint density at radius 1 is 1.11 bits per heavy atom. The normalized spacial score (nSPS) is 22.0. The van der Waals surface area contributed by atoms with Crippen molar-refractivity contribution in [2.75, 3.05) is 17.7 Å². The molecule has 4 N–H and O–H groups in total. The predicted octanol–water partition coefficient (Wildman–Crippen LogP) is 6.14. The second-order valence-electron chi connectivity index (χ2n) is 9.76. The summed E-state index contributed by atoms with van der Waals surface area (Å²) in [6, 6.07) is 15.3. The number of benzene rings is 2. The van der Waals surface area contributed by atoms with Gasteiger partial charge in [0.2, 0.25) is 11.8 Å². The van der Waals surface area contributed by atoms with E-state index in [2.05, 4.69) is 34.1 Å². The van der Waals surface area contributed by atoms with E-state index in [9.17, 15) is 5.11 Å². The van der Waals surface area contributed by atoms with Crippen molar-refractivity contribution in [1.82, 2.24) is 15.0 Å². The molecule has 2 aromatic carbocycles. The minimum absolute atomic E-state index is 0.0774. The summed E-state index contributed by atoms with van der Waals surface area (Å²) in [6.07, 6.45) is 1.81. The van der Waals surface area contributed by atoms with E-state index in [1.807, 2.05) is 48.5 Å². The highest BCUT2D eigenvalue weighted by molar-refractivity contribution is 6.32. The molecule has 3 heterocycles. The lowest BCUT2D eigenvalue weighted by Crippen LogP contribution is -2.40. The number of fused-ring (bicyclic) bond motifs is 2. The Labute approximate surface area is 212 Å². The quantitative estimate of drug-likeness (QED) is 0.244. The average molecular weight is 504 g/mol. The van der Waals surface area contributed by atoms with E-state index in [1.54, 1.807) is 0 Å². The van der Waals surface area contributed by atoms with Crippen LogP contribution in [0.4, 0.5) is 11.8 Å². The van der Waals surface area contributed by atoms with Crippen LogP contribution in [0, 0.1) is 11.8 Å². The molecule has 0 saturated heterocycles. The van der Waals surface area contributed by atoms with Gasteiger partial charge >= 0.3 is 0 Å². The van der Waals surface area contributed by atoms with Crippen molar-refractivity contribution < 1.29 is 13.9 Å².